The maximum absolute atomic E-state index is 17.5. The van der Waals surface area contributed by atoms with E-state index >= 15 is 246 Å². The summed E-state index contributed by atoms with van der Waals surface area (Å²) in [6.45, 7) is 0. The molecule has 0 aliphatic heterocycles. The summed E-state index contributed by atoms with van der Waals surface area (Å²) in [4.78, 5) is -7.16. The summed E-state index contributed by atoms with van der Waals surface area (Å²) in [6, 6.07) is 0. The van der Waals surface area contributed by atoms with Crippen molar-refractivity contribution in [1.29, 1.82) is 0 Å². The van der Waals surface area contributed by atoms with Gasteiger partial charge in [-0.15, -0.1) is 0 Å². The topological polar surface area (TPSA) is 6.48 Å². The fourth-order valence-corrected chi connectivity index (χ4v) is 14.5. The first-order valence-electron chi connectivity index (χ1n) is 33.4. The molecule has 0 unspecified atom stereocenters. The van der Waals surface area contributed by atoms with Crippen molar-refractivity contribution < 1.29 is 299 Å². The lowest BCUT2D eigenvalue weighted by molar-refractivity contribution is -0.293. The molecule has 10 aromatic rings. The number of anilines is 6. The van der Waals surface area contributed by atoms with Gasteiger partial charge in [0.25, 0.3) is 0 Å². The second kappa shape index (κ2) is 34.4. The van der Waals surface area contributed by atoms with Crippen molar-refractivity contribution in [1.82, 2.24) is 0 Å². The minimum Gasteiger partial charge on any atom is -0.294 e. The number of hydrogen-bond donors (Lipinski definition) is 0. The molecule has 0 bridgehead atoms. The van der Waals surface area contributed by atoms with Gasteiger partial charge in [-0.1, -0.05) is 0 Å². The van der Waals surface area contributed by atoms with E-state index in [1.807, 2.05) is 0 Å². The second-order valence-electron chi connectivity index (χ2n) is 27.3. The third kappa shape index (κ3) is 14.3. The first-order chi connectivity index (χ1) is 64.0. The van der Waals surface area contributed by atoms with Crippen LogP contribution in [0.4, 0.5) is 333 Å². The molecule has 0 saturated carbocycles. The van der Waals surface area contributed by atoms with Crippen LogP contribution in [0.25, 0.3) is 11.1 Å². The molecule has 0 radical (unpaired) electrons. The molecule has 142 heavy (non-hydrogen) atoms. The van der Waals surface area contributed by atoms with E-state index in [0.717, 1.165) is 0 Å². The number of rotatable bonds is 15. The van der Waals surface area contributed by atoms with Crippen LogP contribution in [0.1, 0.15) is 44.5 Å². The van der Waals surface area contributed by atoms with Gasteiger partial charge >= 0.3 is 49.4 Å². The highest BCUT2D eigenvalue weighted by Gasteiger charge is 2.82. The Morgan fingerprint density at radius 2 is 0.162 bits per heavy atom. The van der Waals surface area contributed by atoms with Gasteiger partial charge in [0, 0.05) is 0 Å². The Bertz CT molecular complexity index is 5960. The average molecular weight is 2180 g/mol. The third-order valence-corrected chi connectivity index (χ3v) is 20.3. The zero-order valence-electron chi connectivity index (χ0n) is 62.6. The van der Waals surface area contributed by atoms with Gasteiger partial charge in [0.15, 0.2) is 233 Å². The van der Waals surface area contributed by atoms with Crippen molar-refractivity contribution >= 4 is 34.1 Å². The van der Waals surface area contributed by atoms with Gasteiger partial charge in [-0.25, -0.2) is 193 Å². The van der Waals surface area contributed by atoms with E-state index in [1.165, 1.54) is 0 Å². The van der Waals surface area contributed by atoms with E-state index in [2.05, 4.69) is 0 Å². The third-order valence-electron chi connectivity index (χ3n) is 20.3. The predicted octanol–water partition coefficient (Wildman–Crippen LogP) is 30.1. The maximum atomic E-state index is 17.5. The van der Waals surface area contributed by atoms with Crippen molar-refractivity contribution in [2.75, 3.05) is 9.80 Å². The smallest absolute Gasteiger partial charge is 0.294 e. The van der Waals surface area contributed by atoms with Gasteiger partial charge < -0.3 is 0 Å². The van der Waals surface area contributed by atoms with Crippen LogP contribution in [-0.4, -0.2) is 49.4 Å². The van der Waals surface area contributed by atoms with E-state index < -0.39 is 427 Å². The normalized spacial score (nSPS) is 13.4. The summed E-state index contributed by atoms with van der Waals surface area (Å²) in [5.41, 5.74) is -116. The van der Waals surface area contributed by atoms with Crippen LogP contribution in [-0.2, 0) is 21.7 Å². The highest BCUT2D eigenvalue weighted by Crippen LogP contribution is 2.68. The lowest BCUT2D eigenvalue weighted by Gasteiger charge is -2.40. The summed E-state index contributed by atoms with van der Waals surface area (Å²) < 4.78 is 1080. The standard InChI is InChI=1S/C72F68N2/c73-11-1(12(74)44(106)55(43(11)105)141(57-47(109)23(85)7(24(86)48(57)110)61(65(117,118)119,66(120,121)122)3-15(77)31(93)39(101)32(94)16(3)78)58-49(111)25(87)8(26(88)50(58)112)62(67(123,124)125,68(126,127)128)4-17(79)33(95)40(102)34(96)18(4)80)2-13(75)45(107)56(46(108)14(2)76)142(59-51(113)27(89)9(28(90)52(59)114)63(69(129,130)131,70(132,133)134)5-19(81)35(97)41(103)36(98)20(5)82)60-53(115)29(91)10(30(92)54(60)116)64(71(135,136)137,72(138,139)140)6-21(83)37(99)42(104)38(100)22(6)84. The predicted molar refractivity (Wildman–Crippen MR) is 317 cm³/mol. The van der Waals surface area contributed by atoms with Gasteiger partial charge in [-0.3, -0.25) is 9.80 Å². The molecule has 0 aliphatic carbocycles. The molecule has 10 aromatic carbocycles. The summed E-state index contributed by atoms with van der Waals surface area (Å²) in [6.07, 6.45) is -70.6. The summed E-state index contributed by atoms with van der Waals surface area (Å²) >= 11 is 0. The van der Waals surface area contributed by atoms with Crippen LogP contribution in [0, 0.1) is 256 Å². The molecule has 0 N–H and O–H groups in total. The molecule has 70 heteroatoms. The van der Waals surface area contributed by atoms with Crippen LogP contribution in [0.15, 0.2) is 0 Å². The summed E-state index contributed by atoms with van der Waals surface area (Å²) in [5.74, 6) is -220. The molecule has 0 atom stereocenters. The molecule has 0 fully saturated rings. The van der Waals surface area contributed by atoms with E-state index in [0.29, 0.717) is 0 Å². The summed E-state index contributed by atoms with van der Waals surface area (Å²) in [5, 5.41) is 0. The zero-order chi connectivity index (χ0) is 110. The Balaban J connectivity index is 1.46. The van der Waals surface area contributed by atoms with Crippen LogP contribution >= 0.6 is 0 Å². The van der Waals surface area contributed by atoms with Crippen molar-refractivity contribution in [3.63, 3.8) is 0 Å². The van der Waals surface area contributed by atoms with E-state index in [1.54, 1.807) is 0 Å². The number of benzene rings is 10. The van der Waals surface area contributed by atoms with Gasteiger partial charge in [-0.05, 0) is 0 Å². The van der Waals surface area contributed by atoms with Crippen molar-refractivity contribution in [2.24, 2.45) is 0 Å². The minimum absolute atomic E-state index is 3.58. The largest absolute Gasteiger partial charge is 0.411 e. The monoisotopic (exact) mass is 2180 g/mol. The maximum Gasteiger partial charge on any atom is 0.411 e. The Morgan fingerprint density at radius 1 is 0.0915 bits per heavy atom. The number of alkyl halides is 24. The first kappa shape index (κ1) is 111. The SMILES string of the molecule is Fc1c(F)c(F)c(C(c2c(F)c(F)c(N(c3c(F)c(F)c(-c4c(F)c(F)c(N(c5c(F)c(F)c(C(c6c(F)c(F)c(F)c(F)c6F)(C(F)(F)F)C(F)(F)F)c(F)c5F)c5c(F)c(F)c(C(c6c(F)c(F)c(F)c(F)c6F)(C(F)(F)F)C(F)(F)F)c(F)c5F)c(F)c4F)c(F)c3F)c3c(F)c(F)c(C(c4c(F)c(F)c(F)c(F)c4F)(C(F)(F)F)C(F)(F)F)c(F)c3F)c(F)c2F)(C(F)(F)F)C(F)(F)F)c(F)c1F. The van der Waals surface area contributed by atoms with E-state index in [9.17, 15) is 52.7 Å². The Morgan fingerprint density at radius 3 is 0.246 bits per heavy atom. The first-order valence-corrected chi connectivity index (χ1v) is 33.4. The van der Waals surface area contributed by atoms with Crippen LogP contribution in [0.2, 0.25) is 0 Å². The van der Waals surface area contributed by atoms with Crippen LogP contribution in [0.5, 0.6) is 0 Å². The van der Waals surface area contributed by atoms with Crippen LogP contribution < -0.4 is 9.80 Å². The highest BCUT2D eigenvalue weighted by molar-refractivity contribution is 5.86. The minimum atomic E-state index is -8.83. The average Bonchev–Trinajstić information content (AvgIpc) is 0.684. The fourth-order valence-electron chi connectivity index (χ4n) is 14.5. The molecule has 0 amide bonds. The van der Waals surface area contributed by atoms with Crippen molar-refractivity contribution in [3.8, 4) is 11.1 Å². The molecule has 0 spiro atoms. The van der Waals surface area contributed by atoms with Crippen LogP contribution in [0.3, 0.4) is 0 Å². The molecule has 0 saturated heterocycles. The molecule has 0 aliphatic rings. The second-order valence-corrected chi connectivity index (χ2v) is 27.3. The molecule has 0 aromatic heterocycles. The Kier molecular flexibility index (Phi) is 26.9. The number of hydrogen-bond acceptors (Lipinski definition) is 2. The Labute approximate surface area is 724 Å². The fraction of sp³-hybridized carbons (Fsp3) is 0.167. The number of halogens is 68. The molecule has 774 valence electrons. The highest BCUT2D eigenvalue weighted by atomic mass is 19.5. The molecule has 10 rings (SSSR count). The lowest BCUT2D eigenvalue weighted by atomic mass is 9.71. The molecule has 0 heterocycles. The zero-order valence-corrected chi connectivity index (χ0v) is 62.6. The van der Waals surface area contributed by atoms with E-state index in [4.69, 9.17) is 0 Å². The Hall–Kier alpha value is -13.0. The van der Waals surface area contributed by atoms with E-state index in [-0.39, 0.29) is 0 Å². The van der Waals surface area contributed by atoms with Crippen molar-refractivity contribution in [3.05, 3.63) is 300 Å². The van der Waals surface area contributed by atoms with Gasteiger partial charge in [0.2, 0.25) is 44.9 Å². The van der Waals surface area contributed by atoms with Crippen molar-refractivity contribution in [2.45, 2.75) is 71.1 Å². The van der Waals surface area contributed by atoms with Gasteiger partial charge in [0.05, 0.1) is 55.6 Å². The van der Waals surface area contributed by atoms with Gasteiger partial charge in [0.1, 0.15) is 34.1 Å². The summed E-state index contributed by atoms with van der Waals surface area (Å²) in [7, 11) is 0. The van der Waals surface area contributed by atoms with Gasteiger partial charge in [-0.2, -0.15) is 105 Å². The molecular weight excluding hydrogens is 2180 g/mol. The molecule has 2 nitrogen and oxygen atoms in total. The molecular formula is C72F68N2. The number of nitrogens with zero attached hydrogens (tertiary/aromatic N) is 2. The quantitative estimate of drug-likeness (QED) is 0.0573. The lowest BCUT2D eigenvalue weighted by Crippen LogP contribution is -2.57.